The van der Waals surface area contributed by atoms with Crippen molar-refractivity contribution < 1.29 is 19.5 Å². The Bertz CT molecular complexity index is 499. The summed E-state index contributed by atoms with van der Waals surface area (Å²) in [5.41, 5.74) is 10.6. The Labute approximate surface area is 112 Å². The first kappa shape index (κ1) is 15.1. The van der Waals surface area contributed by atoms with Crippen LogP contribution in [0.15, 0.2) is 5.38 Å². The normalized spacial score (nSPS) is 13.6. The third kappa shape index (κ3) is 4.30. The number of carboxylic acids is 1. The van der Waals surface area contributed by atoms with Gasteiger partial charge in [0, 0.05) is 5.38 Å². The van der Waals surface area contributed by atoms with E-state index in [-0.39, 0.29) is 11.7 Å². The lowest BCUT2D eigenvalue weighted by Crippen LogP contribution is -2.43. The van der Waals surface area contributed by atoms with Gasteiger partial charge >= 0.3 is 5.97 Å². The molecule has 0 fully saturated rings. The monoisotopic (exact) mass is 286 g/mol. The molecule has 0 bridgehead atoms. The lowest BCUT2D eigenvalue weighted by molar-refractivity contribution is -0.140. The number of aromatic nitrogens is 1. The average molecular weight is 286 g/mol. The Kier molecular flexibility index (Phi) is 4.95. The van der Waals surface area contributed by atoms with Gasteiger partial charge in [-0.05, 0) is 6.92 Å². The predicted molar refractivity (Wildman–Crippen MR) is 67.4 cm³/mol. The second-order valence-electron chi connectivity index (χ2n) is 3.89. The highest BCUT2D eigenvalue weighted by Gasteiger charge is 2.24. The Morgan fingerprint density at radius 3 is 2.58 bits per heavy atom. The summed E-state index contributed by atoms with van der Waals surface area (Å²) in [6.45, 7) is 1.72. The highest BCUT2D eigenvalue weighted by Crippen LogP contribution is 2.15. The van der Waals surface area contributed by atoms with E-state index in [2.05, 4.69) is 10.3 Å². The van der Waals surface area contributed by atoms with Crippen LogP contribution in [0.5, 0.6) is 0 Å². The van der Waals surface area contributed by atoms with E-state index < -0.39 is 30.2 Å². The zero-order valence-corrected chi connectivity index (χ0v) is 10.9. The van der Waals surface area contributed by atoms with Crippen LogP contribution in [-0.2, 0) is 9.59 Å². The van der Waals surface area contributed by atoms with Crippen LogP contribution in [0.25, 0.3) is 0 Å². The third-order valence-corrected chi connectivity index (χ3v) is 3.20. The number of rotatable bonds is 6. The Balaban J connectivity index is 2.75. The smallest absolute Gasteiger partial charge is 0.326 e. The van der Waals surface area contributed by atoms with Crippen LogP contribution in [0, 0.1) is 0 Å². The van der Waals surface area contributed by atoms with Crippen LogP contribution in [0.3, 0.4) is 0 Å². The van der Waals surface area contributed by atoms with Gasteiger partial charge in [0.05, 0.1) is 12.5 Å². The molecular weight excluding hydrogens is 272 g/mol. The minimum absolute atomic E-state index is 0.0630. The summed E-state index contributed by atoms with van der Waals surface area (Å²) < 4.78 is 0. The molecule has 0 radical (unpaired) electrons. The van der Waals surface area contributed by atoms with E-state index in [1.54, 1.807) is 6.92 Å². The fourth-order valence-electron chi connectivity index (χ4n) is 1.23. The maximum Gasteiger partial charge on any atom is 0.326 e. The highest BCUT2D eigenvalue weighted by molar-refractivity contribution is 7.09. The average Bonchev–Trinajstić information content (AvgIpc) is 2.76. The van der Waals surface area contributed by atoms with Crippen LogP contribution in [0.2, 0.25) is 0 Å². The molecule has 0 saturated heterocycles. The molecular formula is C10H14N4O4S. The standard InChI is InChI=1S/C10H14N4O4S/c1-4(11)9-14-6(3-19-9)8(16)13-5(10(17)18)2-7(12)15/h3-5H,2,11H2,1H3,(H2,12,15)(H,13,16)(H,17,18)/t4?,5-/m0/s1. The van der Waals surface area contributed by atoms with E-state index >= 15 is 0 Å². The molecule has 2 atom stereocenters. The number of hydrogen-bond donors (Lipinski definition) is 4. The first-order valence-corrected chi connectivity index (χ1v) is 6.22. The van der Waals surface area contributed by atoms with E-state index in [4.69, 9.17) is 16.6 Å². The van der Waals surface area contributed by atoms with Crippen molar-refractivity contribution >= 4 is 29.1 Å². The molecule has 1 rings (SSSR count). The maximum atomic E-state index is 11.8. The Hall–Kier alpha value is -2.00. The van der Waals surface area contributed by atoms with Crippen LogP contribution in [-0.4, -0.2) is 33.9 Å². The summed E-state index contributed by atoms with van der Waals surface area (Å²) in [5, 5.41) is 13.1. The second-order valence-corrected chi connectivity index (χ2v) is 4.78. The number of aliphatic carboxylic acids is 1. The molecule has 0 aliphatic carbocycles. The summed E-state index contributed by atoms with van der Waals surface area (Å²) in [4.78, 5) is 37.3. The van der Waals surface area contributed by atoms with Gasteiger partial charge in [-0.15, -0.1) is 11.3 Å². The van der Waals surface area contributed by atoms with Gasteiger partial charge in [0.2, 0.25) is 5.91 Å². The minimum Gasteiger partial charge on any atom is -0.480 e. The molecule has 0 spiro atoms. The fraction of sp³-hybridized carbons (Fsp3) is 0.400. The quantitative estimate of drug-likeness (QED) is 0.539. The van der Waals surface area contributed by atoms with Crippen molar-refractivity contribution in [2.45, 2.75) is 25.4 Å². The van der Waals surface area contributed by atoms with E-state index in [1.165, 1.54) is 16.7 Å². The topological polar surface area (TPSA) is 148 Å². The zero-order valence-electron chi connectivity index (χ0n) is 10.1. The van der Waals surface area contributed by atoms with E-state index in [9.17, 15) is 14.4 Å². The molecule has 1 unspecified atom stereocenters. The molecule has 2 amide bonds. The molecule has 104 valence electrons. The van der Waals surface area contributed by atoms with Gasteiger partial charge in [-0.25, -0.2) is 9.78 Å². The van der Waals surface area contributed by atoms with Crippen molar-refractivity contribution in [3.05, 3.63) is 16.1 Å². The molecule has 0 aromatic carbocycles. The first-order valence-electron chi connectivity index (χ1n) is 5.34. The SMILES string of the molecule is CC(N)c1nc(C(=O)N[C@@H](CC(N)=O)C(=O)O)cs1. The van der Waals surface area contributed by atoms with Crippen molar-refractivity contribution in [1.29, 1.82) is 0 Å². The number of thiazole rings is 1. The van der Waals surface area contributed by atoms with Gasteiger partial charge in [0.25, 0.3) is 5.91 Å². The number of nitrogens with two attached hydrogens (primary N) is 2. The molecule has 0 aliphatic heterocycles. The summed E-state index contributed by atoms with van der Waals surface area (Å²) >= 11 is 1.20. The highest BCUT2D eigenvalue weighted by atomic mass is 32.1. The molecule has 8 nitrogen and oxygen atoms in total. The largest absolute Gasteiger partial charge is 0.480 e. The number of carboxylic acid groups (broad SMARTS) is 1. The van der Waals surface area contributed by atoms with Gasteiger partial charge in [0.15, 0.2) is 0 Å². The molecule has 0 aliphatic rings. The van der Waals surface area contributed by atoms with E-state index in [0.29, 0.717) is 5.01 Å². The second kappa shape index (κ2) is 6.25. The van der Waals surface area contributed by atoms with Gasteiger partial charge in [-0.1, -0.05) is 0 Å². The Morgan fingerprint density at radius 2 is 2.16 bits per heavy atom. The van der Waals surface area contributed by atoms with Crippen molar-refractivity contribution in [2.75, 3.05) is 0 Å². The lowest BCUT2D eigenvalue weighted by Gasteiger charge is -2.11. The number of primary amides is 1. The van der Waals surface area contributed by atoms with E-state index in [1.807, 2.05) is 0 Å². The summed E-state index contributed by atoms with van der Waals surface area (Å²) in [7, 11) is 0. The van der Waals surface area contributed by atoms with E-state index in [0.717, 1.165) is 0 Å². The Morgan fingerprint density at radius 1 is 1.53 bits per heavy atom. The molecule has 9 heteroatoms. The van der Waals surface area contributed by atoms with Crippen LogP contribution in [0.4, 0.5) is 0 Å². The number of nitrogens with zero attached hydrogens (tertiary/aromatic N) is 1. The number of carbonyl (C=O) groups excluding carboxylic acids is 2. The van der Waals surface area contributed by atoms with Crippen molar-refractivity contribution in [1.82, 2.24) is 10.3 Å². The van der Waals surface area contributed by atoms with Gasteiger partial charge < -0.3 is 21.9 Å². The summed E-state index contributed by atoms with van der Waals surface area (Å²) in [6, 6.07) is -1.68. The third-order valence-electron chi connectivity index (χ3n) is 2.15. The summed E-state index contributed by atoms with van der Waals surface area (Å²) in [5.74, 6) is -2.84. The molecule has 1 aromatic rings. The fourth-order valence-corrected chi connectivity index (χ4v) is 1.99. The zero-order chi connectivity index (χ0) is 14.6. The first-order chi connectivity index (χ1) is 8.81. The van der Waals surface area contributed by atoms with Gasteiger partial charge in [-0.2, -0.15) is 0 Å². The number of carbonyl (C=O) groups is 3. The molecule has 0 saturated carbocycles. The molecule has 1 heterocycles. The van der Waals surface area contributed by atoms with Gasteiger partial charge in [-0.3, -0.25) is 9.59 Å². The van der Waals surface area contributed by atoms with Crippen LogP contribution in [0.1, 0.15) is 34.9 Å². The van der Waals surface area contributed by atoms with Crippen molar-refractivity contribution in [3.8, 4) is 0 Å². The number of hydrogen-bond acceptors (Lipinski definition) is 6. The number of amides is 2. The molecule has 1 aromatic heterocycles. The molecule has 6 N–H and O–H groups in total. The summed E-state index contributed by atoms with van der Waals surface area (Å²) in [6.07, 6.45) is -0.481. The molecule has 19 heavy (non-hydrogen) atoms. The number of nitrogens with one attached hydrogen (secondary N) is 1. The predicted octanol–water partition coefficient (Wildman–Crippen LogP) is -0.779. The maximum absolute atomic E-state index is 11.8. The minimum atomic E-state index is -1.37. The van der Waals surface area contributed by atoms with Crippen molar-refractivity contribution in [2.24, 2.45) is 11.5 Å². The lowest BCUT2D eigenvalue weighted by atomic mass is 10.2. The van der Waals surface area contributed by atoms with Crippen LogP contribution < -0.4 is 16.8 Å². The van der Waals surface area contributed by atoms with Crippen LogP contribution >= 0.6 is 11.3 Å². The van der Waals surface area contributed by atoms with Crippen molar-refractivity contribution in [3.63, 3.8) is 0 Å². The van der Waals surface area contributed by atoms with Gasteiger partial charge in [0.1, 0.15) is 16.7 Å².